The highest BCUT2D eigenvalue weighted by Gasteiger charge is 2.20. The second kappa shape index (κ2) is 4.45. The molecule has 1 aliphatic heterocycles. The van der Waals surface area contributed by atoms with Crippen LogP contribution in [0.15, 0.2) is 6.07 Å². The summed E-state index contributed by atoms with van der Waals surface area (Å²) in [6.07, 6.45) is 2.34. The van der Waals surface area contributed by atoms with Gasteiger partial charge in [-0.3, -0.25) is 0 Å². The molecule has 0 unspecified atom stereocenters. The molecule has 0 saturated carbocycles. The lowest BCUT2D eigenvalue weighted by molar-refractivity contribution is 0.253. The molecule has 0 radical (unpaired) electrons. The Balaban J connectivity index is 2.15. The Hall–Kier alpha value is -0.670. The van der Waals surface area contributed by atoms with E-state index in [1.807, 2.05) is 13.0 Å². The van der Waals surface area contributed by atoms with Crippen LogP contribution in [0.5, 0.6) is 0 Å². The molecule has 2 rings (SSSR count). The molecule has 0 spiro atoms. The van der Waals surface area contributed by atoms with E-state index in [4.69, 9.17) is 11.6 Å². The van der Waals surface area contributed by atoms with E-state index in [-0.39, 0.29) is 0 Å². The summed E-state index contributed by atoms with van der Waals surface area (Å²) in [4.78, 5) is 10.9. The van der Waals surface area contributed by atoms with Crippen molar-refractivity contribution in [2.45, 2.75) is 25.7 Å². The van der Waals surface area contributed by atoms with Crippen molar-refractivity contribution in [3.8, 4) is 0 Å². The van der Waals surface area contributed by atoms with Gasteiger partial charge < -0.3 is 4.90 Å². The number of nitrogens with zero attached hydrogens (tertiary/aromatic N) is 3. The van der Waals surface area contributed by atoms with Crippen molar-refractivity contribution in [2.75, 3.05) is 20.1 Å². The zero-order valence-electron chi connectivity index (χ0n) is 9.20. The van der Waals surface area contributed by atoms with E-state index in [0.717, 1.165) is 24.6 Å². The zero-order chi connectivity index (χ0) is 10.8. The number of hydrogen-bond donors (Lipinski definition) is 0. The predicted molar refractivity (Wildman–Crippen MR) is 61.3 cm³/mol. The molecule has 0 aliphatic carbocycles. The Bertz CT molecular complexity index is 325. The second-order valence-corrected chi connectivity index (χ2v) is 4.63. The largest absolute Gasteiger partial charge is 0.306 e. The molecular weight excluding hydrogens is 210 g/mol. The van der Waals surface area contributed by atoms with Crippen LogP contribution in [0.4, 0.5) is 0 Å². The molecule has 15 heavy (non-hydrogen) atoms. The van der Waals surface area contributed by atoms with E-state index in [1.54, 1.807) is 0 Å². The van der Waals surface area contributed by atoms with E-state index in [9.17, 15) is 0 Å². The molecule has 1 aromatic heterocycles. The summed E-state index contributed by atoms with van der Waals surface area (Å²) in [7, 11) is 2.16. The summed E-state index contributed by atoms with van der Waals surface area (Å²) in [5, 5.41) is 0.566. The average Bonchev–Trinajstić information content (AvgIpc) is 2.17. The van der Waals surface area contributed by atoms with Gasteiger partial charge in [-0.2, -0.15) is 0 Å². The molecule has 1 fully saturated rings. The maximum Gasteiger partial charge on any atom is 0.133 e. The molecule has 0 atom stereocenters. The smallest absolute Gasteiger partial charge is 0.133 e. The van der Waals surface area contributed by atoms with Crippen molar-refractivity contribution in [1.29, 1.82) is 0 Å². The third kappa shape index (κ3) is 2.67. The van der Waals surface area contributed by atoms with Crippen LogP contribution < -0.4 is 0 Å². The van der Waals surface area contributed by atoms with Gasteiger partial charge in [0, 0.05) is 11.6 Å². The van der Waals surface area contributed by atoms with Crippen molar-refractivity contribution in [1.82, 2.24) is 14.9 Å². The van der Waals surface area contributed by atoms with E-state index in [2.05, 4.69) is 21.9 Å². The number of aromatic nitrogens is 2. The first-order chi connectivity index (χ1) is 7.15. The van der Waals surface area contributed by atoms with Gasteiger partial charge in [0.25, 0.3) is 0 Å². The van der Waals surface area contributed by atoms with E-state index in [1.165, 1.54) is 12.8 Å². The highest BCUT2D eigenvalue weighted by Crippen LogP contribution is 2.27. The lowest BCUT2D eigenvalue weighted by atomic mass is 9.93. The minimum atomic E-state index is 0.556. The van der Waals surface area contributed by atoms with Gasteiger partial charge in [0.2, 0.25) is 0 Å². The Morgan fingerprint density at radius 3 is 2.60 bits per heavy atom. The monoisotopic (exact) mass is 225 g/mol. The molecule has 0 bridgehead atoms. The molecule has 0 amide bonds. The predicted octanol–water partition coefficient (Wildman–Crippen LogP) is 2.25. The van der Waals surface area contributed by atoms with Crippen molar-refractivity contribution >= 4 is 11.6 Å². The van der Waals surface area contributed by atoms with Gasteiger partial charge in [-0.25, -0.2) is 9.97 Å². The number of hydrogen-bond acceptors (Lipinski definition) is 3. The van der Waals surface area contributed by atoms with E-state index < -0.39 is 0 Å². The van der Waals surface area contributed by atoms with Crippen molar-refractivity contribution in [2.24, 2.45) is 0 Å². The van der Waals surface area contributed by atoms with Crippen molar-refractivity contribution in [3.63, 3.8) is 0 Å². The normalized spacial score (nSPS) is 19.4. The first-order valence-corrected chi connectivity index (χ1v) is 5.72. The van der Waals surface area contributed by atoms with Crippen LogP contribution in [-0.4, -0.2) is 35.0 Å². The summed E-state index contributed by atoms with van der Waals surface area (Å²) in [5.41, 5.74) is 1.11. The fourth-order valence-corrected chi connectivity index (χ4v) is 2.30. The van der Waals surface area contributed by atoms with Crippen LogP contribution in [0.2, 0.25) is 5.15 Å². The third-order valence-electron chi connectivity index (χ3n) is 2.96. The summed E-state index contributed by atoms with van der Waals surface area (Å²) in [5.74, 6) is 1.33. The van der Waals surface area contributed by atoms with Crippen LogP contribution in [0, 0.1) is 6.92 Å². The highest BCUT2D eigenvalue weighted by molar-refractivity contribution is 6.29. The summed E-state index contributed by atoms with van der Waals surface area (Å²) in [6.45, 7) is 4.18. The first-order valence-electron chi connectivity index (χ1n) is 5.35. The van der Waals surface area contributed by atoms with Crippen LogP contribution >= 0.6 is 11.6 Å². The molecule has 0 N–H and O–H groups in total. The SMILES string of the molecule is Cc1nc(Cl)cc(C2CCN(C)CC2)n1. The lowest BCUT2D eigenvalue weighted by Crippen LogP contribution is -2.29. The van der Waals surface area contributed by atoms with Gasteiger partial charge in [-0.1, -0.05) is 11.6 Å². The maximum atomic E-state index is 5.94. The van der Waals surface area contributed by atoms with Crippen LogP contribution in [0.3, 0.4) is 0 Å². The van der Waals surface area contributed by atoms with E-state index >= 15 is 0 Å². The quantitative estimate of drug-likeness (QED) is 0.687. The molecule has 2 heterocycles. The standard InChI is InChI=1S/C11H16ClN3/c1-8-13-10(7-11(12)14-8)9-3-5-15(2)6-4-9/h7,9H,3-6H2,1-2H3. The van der Waals surface area contributed by atoms with Gasteiger partial charge in [0.1, 0.15) is 11.0 Å². The number of halogens is 1. The number of aryl methyl sites for hydroxylation is 1. The van der Waals surface area contributed by atoms with Crippen molar-refractivity contribution in [3.05, 3.63) is 22.7 Å². The summed E-state index contributed by atoms with van der Waals surface area (Å²) < 4.78 is 0. The topological polar surface area (TPSA) is 29.0 Å². The van der Waals surface area contributed by atoms with Gasteiger partial charge in [-0.15, -0.1) is 0 Å². The molecule has 1 aromatic rings. The molecule has 82 valence electrons. The zero-order valence-corrected chi connectivity index (χ0v) is 9.96. The van der Waals surface area contributed by atoms with Gasteiger partial charge >= 0.3 is 0 Å². The minimum Gasteiger partial charge on any atom is -0.306 e. The van der Waals surface area contributed by atoms with Crippen LogP contribution in [0.25, 0.3) is 0 Å². The first kappa shape index (κ1) is 10.8. The molecule has 1 saturated heterocycles. The number of piperidine rings is 1. The van der Waals surface area contributed by atoms with Gasteiger partial charge in [0.05, 0.1) is 0 Å². The Labute approximate surface area is 95.5 Å². The molecule has 4 heteroatoms. The van der Waals surface area contributed by atoms with Gasteiger partial charge in [-0.05, 0) is 46.0 Å². The number of likely N-dealkylation sites (tertiary alicyclic amines) is 1. The summed E-state index contributed by atoms with van der Waals surface area (Å²) >= 11 is 5.94. The van der Waals surface area contributed by atoms with Crippen LogP contribution in [-0.2, 0) is 0 Å². The molecule has 1 aliphatic rings. The molecular formula is C11H16ClN3. The highest BCUT2D eigenvalue weighted by atomic mass is 35.5. The molecule has 3 nitrogen and oxygen atoms in total. The third-order valence-corrected chi connectivity index (χ3v) is 3.16. The fraction of sp³-hybridized carbons (Fsp3) is 0.636. The van der Waals surface area contributed by atoms with Gasteiger partial charge in [0.15, 0.2) is 0 Å². The minimum absolute atomic E-state index is 0.556. The molecule has 0 aromatic carbocycles. The van der Waals surface area contributed by atoms with Crippen molar-refractivity contribution < 1.29 is 0 Å². The summed E-state index contributed by atoms with van der Waals surface area (Å²) in [6, 6.07) is 1.91. The number of rotatable bonds is 1. The second-order valence-electron chi connectivity index (χ2n) is 4.24. The lowest BCUT2D eigenvalue weighted by Gasteiger charge is -2.28. The maximum absolute atomic E-state index is 5.94. The average molecular weight is 226 g/mol. The fourth-order valence-electron chi connectivity index (χ4n) is 2.07. The Morgan fingerprint density at radius 2 is 2.00 bits per heavy atom. The Morgan fingerprint density at radius 1 is 1.33 bits per heavy atom. The Kier molecular flexibility index (Phi) is 3.22. The van der Waals surface area contributed by atoms with Crippen LogP contribution in [0.1, 0.15) is 30.3 Å². The van der Waals surface area contributed by atoms with E-state index in [0.29, 0.717) is 11.1 Å².